The highest BCUT2D eigenvalue weighted by molar-refractivity contribution is 7.13. The van der Waals surface area contributed by atoms with Gasteiger partial charge in [0.1, 0.15) is 5.82 Å². The van der Waals surface area contributed by atoms with Gasteiger partial charge in [0.2, 0.25) is 11.8 Å². The molecular formula is C15H11ClFN3O2S. The number of hydrogen-bond donors (Lipinski definition) is 1. The maximum atomic E-state index is 13.1. The number of aryl methyl sites for hydroxylation is 1. The lowest BCUT2D eigenvalue weighted by Gasteiger charge is -2.04. The van der Waals surface area contributed by atoms with Crippen molar-refractivity contribution in [1.82, 2.24) is 10.2 Å². The maximum Gasteiger partial charge on any atom is 0.257 e. The minimum Gasteiger partial charge on any atom is -0.420 e. The zero-order valence-corrected chi connectivity index (χ0v) is 13.3. The summed E-state index contributed by atoms with van der Waals surface area (Å²) in [7, 11) is 0. The van der Waals surface area contributed by atoms with E-state index in [1.54, 1.807) is 0 Å². The van der Waals surface area contributed by atoms with E-state index in [1.165, 1.54) is 29.5 Å². The first kappa shape index (κ1) is 15.6. The van der Waals surface area contributed by atoms with Crippen LogP contribution >= 0.6 is 22.9 Å². The van der Waals surface area contributed by atoms with E-state index in [4.69, 9.17) is 16.0 Å². The fraction of sp³-hybridized carbons (Fsp3) is 0.133. The molecule has 2 aromatic heterocycles. The van der Waals surface area contributed by atoms with Crippen molar-refractivity contribution >= 4 is 34.5 Å². The first-order chi connectivity index (χ1) is 11.1. The van der Waals surface area contributed by atoms with Gasteiger partial charge in [-0.1, -0.05) is 17.7 Å². The van der Waals surface area contributed by atoms with Crippen molar-refractivity contribution in [1.29, 1.82) is 0 Å². The molecule has 0 radical (unpaired) electrons. The normalized spacial score (nSPS) is 10.7. The summed E-state index contributed by atoms with van der Waals surface area (Å²) in [5, 5.41) is 12.4. The maximum absolute atomic E-state index is 13.1. The number of amides is 1. The molecule has 1 aromatic carbocycles. The van der Waals surface area contributed by atoms with Crippen LogP contribution < -0.4 is 5.32 Å². The second kappa shape index (κ2) is 6.89. The number of nitrogens with zero attached hydrogens (tertiary/aromatic N) is 2. The molecule has 0 fully saturated rings. The molecular weight excluding hydrogens is 341 g/mol. The summed E-state index contributed by atoms with van der Waals surface area (Å²) in [5.74, 6) is 0.0570. The predicted octanol–water partition coefficient (Wildman–Crippen LogP) is 4.16. The van der Waals surface area contributed by atoms with Crippen LogP contribution in [0.25, 0.3) is 10.8 Å². The van der Waals surface area contributed by atoms with Crippen LogP contribution in [0.1, 0.15) is 12.3 Å². The Hall–Kier alpha value is -2.25. The van der Waals surface area contributed by atoms with Crippen molar-refractivity contribution in [2.75, 3.05) is 5.32 Å². The Kier molecular flexibility index (Phi) is 4.68. The van der Waals surface area contributed by atoms with Crippen molar-refractivity contribution in [2.24, 2.45) is 0 Å². The molecule has 0 unspecified atom stereocenters. The van der Waals surface area contributed by atoms with Crippen molar-refractivity contribution in [2.45, 2.75) is 12.8 Å². The van der Waals surface area contributed by atoms with Crippen LogP contribution in [0.2, 0.25) is 5.02 Å². The summed E-state index contributed by atoms with van der Waals surface area (Å²) in [5.41, 5.74) is 0.436. The van der Waals surface area contributed by atoms with Gasteiger partial charge in [-0.2, -0.15) is 0 Å². The van der Waals surface area contributed by atoms with Crippen LogP contribution in [0.5, 0.6) is 0 Å². The molecule has 3 rings (SSSR count). The number of benzene rings is 1. The lowest BCUT2D eigenvalue weighted by molar-refractivity contribution is -0.116. The Morgan fingerprint density at radius 2 is 2.22 bits per heavy atom. The molecule has 0 bridgehead atoms. The Morgan fingerprint density at radius 3 is 2.96 bits per heavy atom. The van der Waals surface area contributed by atoms with Gasteiger partial charge in [-0.05, 0) is 29.6 Å². The van der Waals surface area contributed by atoms with Crippen LogP contribution in [0.15, 0.2) is 40.1 Å². The molecule has 5 nitrogen and oxygen atoms in total. The van der Waals surface area contributed by atoms with E-state index in [0.29, 0.717) is 23.9 Å². The Labute approximate surface area is 140 Å². The van der Waals surface area contributed by atoms with Crippen molar-refractivity contribution in [3.05, 3.63) is 52.4 Å². The van der Waals surface area contributed by atoms with Crippen molar-refractivity contribution in [3.63, 3.8) is 0 Å². The highest BCUT2D eigenvalue weighted by Crippen LogP contribution is 2.23. The number of carbonyl (C=O) groups excluding carboxylic acids is 1. The summed E-state index contributed by atoms with van der Waals surface area (Å²) in [4.78, 5) is 12.8. The fourth-order valence-corrected chi connectivity index (χ4v) is 2.70. The van der Waals surface area contributed by atoms with Gasteiger partial charge in [-0.15, -0.1) is 21.5 Å². The Bertz CT molecular complexity index is 820. The highest BCUT2D eigenvalue weighted by atomic mass is 35.5. The number of halogens is 2. The molecule has 0 atom stereocenters. The second-order valence-corrected chi connectivity index (χ2v) is 6.01. The molecule has 23 heavy (non-hydrogen) atoms. The molecule has 0 saturated heterocycles. The molecule has 1 N–H and O–H groups in total. The smallest absolute Gasteiger partial charge is 0.257 e. The zero-order chi connectivity index (χ0) is 16.2. The lowest BCUT2D eigenvalue weighted by Crippen LogP contribution is -2.12. The van der Waals surface area contributed by atoms with Crippen LogP contribution in [0, 0.1) is 5.82 Å². The minimum atomic E-state index is -0.531. The van der Waals surface area contributed by atoms with E-state index in [1.807, 2.05) is 17.5 Å². The third-order valence-corrected chi connectivity index (χ3v) is 4.12. The lowest BCUT2D eigenvalue weighted by atomic mass is 10.2. The Morgan fingerprint density at radius 1 is 1.35 bits per heavy atom. The standard InChI is InChI=1S/C15H11ClFN3O2S/c16-10-8-9(3-4-11(10)17)18-13(21)5-6-14-19-20-15(22-14)12-2-1-7-23-12/h1-4,7-8H,5-6H2,(H,18,21). The SMILES string of the molecule is O=C(CCc1nnc(-c2cccs2)o1)Nc1ccc(F)c(Cl)c1. The van der Waals surface area contributed by atoms with Crippen LogP contribution in [0.3, 0.4) is 0 Å². The summed E-state index contributed by atoms with van der Waals surface area (Å²) in [6, 6.07) is 7.78. The molecule has 118 valence electrons. The summed E-state index contributed by atoms with van der Waals surface area (Å²) in [6.45, 7) is 0. The number of hydrogen-bond acceptors (Lipinski definition) is 5. The summed E-state index contributed by atoms with van der Waals surface area (Å²) < 4.78 is 18.6. The second-order valence-electron chi connectivity index (χ2n) is 4.66. The first-order valence-corrected chi connectivity index (χ1v) is 7.99. The van der Waals surface area contributed by atoms with Crippen LogP contribution in [-0.2, 0) is 11.2 Å². The molecule has 0 spiro atoms. The largest absolute Gasteiger partial charge is 0.420 e. The number of nitrogens with one attached hydrogen (secondary N) is 1. The van der Waals surface area contributed by atoms with Gasteiger partial charge < -0.3 is 9.73 Å². The van der Waals surface area contributed by atoms with Crippen molar-refractivity contribution in [3.8, 4) is 10.8 Å². The zero-order valence-electron chi connectivity index (χ0n) is 11.8. The van der Waals surface area contributed by atoms with Gasteiger partial charge in [0.25, 0.3) is 5.89 Å². The minimum absolute atomic E-state index is 0.0414. The van der Waals surface area contributed by atoms with E-state index in [-0.39, 0.29) is 17.4 Å². The quantitative estimate of drug-likeness (QED) is 0.749. The average Bonchev–Trinajstić information content (AvgIpc) is 3.19. The third kappa shape index (κ3) is 3.94. The van der Waals surface area contributed by atoms with E-state index in [9.17, 15) is 9.18 Å². The molecule has 0 aliphatic heterocycles. The third-order valence-electron chi connectivity index (χ3n) is 2.97. The molecule has 0 aliphatic carbocycles. The van der Waals surface area contributed by atoms with Gasteiger partial charge in [0.15, 0.2) is 0 Å². The molecule has 0 saturated carbocycles. The number of anilines is 1. The average molecular weight is 352 g/mol. The highest BCUT2D eigenvalue weighted by Gasteiger charge is 2.11. The van der Waals surface area contributed by atoms with Gasteiger partial charge >= 0.3 is 0 Å². The first-order valence-electron chi connectivity index (χ1n) is 6.73. The summed E-state index contributed by atoms with van der Waals surface area (Å²) in [6.07, 6.45) is 0.486. The fourth-order valence-electron chi connectivity index (χ4n) is 1.87. The number of rotatable bonds is 5. The van der Waals surface area contributed by atoms with Crippen molar-refractivity contribution < 1.29 is 13.6 Å². The van der Waals surface area contributed by atoms with E-state index < -0.39 is 5.82 Å². The summed E-state index contributed by atoms with van der Waals surface area (Å²) >= 11 is 7.16. The van der Waals surface area contributed by atoms with E-state index in [2.05, 4.69) is 15.5 Å². The molecule has 1 amide bonds. The molecule has 2 heterocycles. The monoisotopic (exact) mass is 351 g/mol. The van der Waals surface area contributed by atoms with Gasteiger partial charge in [-0.3, -0.25) is 4.79 Å². The number of thiophene rings is 1. The van der Waals surface area contributed by atoms with Gasteiger partial charge in [0.05, 0.1) is 9.90 Å². The van der Waals surface area contributed by atoms with Crippen LogP contribution in [-0.4, -0.2) is 16.1 Å². The predicted molar refractivity (Wildman–Crippen MR) is 86.0 cm³/mol. The molecule has 8 heteroatoms. The van der Waals surface area contributed by atoms with E-state index >= 15 is 0 Å². The Balaban J connectivity index is 1.55. The van der Waals surface area contributed by atoms with Gasteiger partial charge in [0, 0.05) is 18.5 Å². The molecule has 3 aromatic rings. The van der Waals surface area contributed by atoms with E-state index in [0.717, 1.165) is 4.88 Å². The topological polar surface area (TPSA) is 68.0 Å². The number of carbonyl (C=O) groups is 1. The van der Waals surface area contributed by atoms with Gasteiger partial charge in [-0.25, -0.2) is 4.39 Å². The number of aromatic nitrogens is 2. The molecule has 0 aliphatic rings. The van der Waals surface area contributed by atoms with Crippen LogP contribution in [0.4, 0.5) is 10.1 Å².